The van der Waals surface area contributed by atoms with Crippen LogP contribution < -0.4 is 10.1 Å². The first-order valence-corrected chi connectivity index (χ1v) is 7.80. The molecule has 19 heavy (non-hydrogen) atoms. The van der Waals surface area contributed by atoms with Crippen LogP contribution in [0.2, 0.25) is 0 Å². The van der Waals surface area contributed by atoms with E-state index in [1.54, 1.807) is 0 Å². The third-order valence-electron chi connectivity index (χ3n) is 4.72. The minimum absolute atomic E-state index is 0.0831. The minimum Gasteiger partial charge on any atom is -0.487 e. The fraction of sp³-hybridized carbons (Fsp3) is 0.647. The van der Waals surface area contributed by atoms with Crippen molar-refractivity contribution < 1.29 is 4.74 Å². The fourth-order valence-electron chi connectivity index (χ4n) is 3.44. The molecule has 0 spiro atoms. The number of fused-ring (bicyclic) bond motifs is 1. The lowest BCUT2D eigenvalue weighted by molar-refractivity contribution is 0.00575. The van der Waals surface area contributed by atoms with Gasteiger partial charge in [0.05, 0.1) is 0 Å². The van der Waals surface area contributed by atoms with Crippen LogP contribution in [0, 0.1) is 5.92 Å². The summed E-state index contributed by atoms with van der Waals surface area (Å²) in [7, 11) is 0. The number of rotatable bonds is 5. The number of hydrogen-bond acceptors (Lipinski definition) is 2. The van der Waals surface area contributed by atoms with Gasteiger partial charge in [0.25, 0.3) is 0 Å². The van der Waals surface area contributed by atoms with Gasteiger partial charge in [-0.3, -0.25) is 0 Å². The molecule has 0 radical (unpaired) electrons. The zero-order valence-corrected chi connectivity index (χ0v) is 12.1. The molecule has 1 aromatic carbocycles. The Morgan fingerprint density at radius 2 is 2.05 bits per heavy atom. The van der Waals surface area contributed by atoms with E-state index in [4.69, 9.17) is 4.74 Å². The van der Waals surface area contributed by atoms with Gasteiger partial charge in [0.1, 0.15) is 11.4 Å². The standard InChI is InChI=1S/C17H25NO/c1-3-11-18-15-12-17(4-2,13-9-10-13)19-16-8-6-5-7-14(15)16/h5-8,13,15,18H,3-4,9-12H2,1-2H3. The van der Waals surface area contributed by atoms with E-state index >= 15 is 0 Å². The van der Waals surface area contributed by atoms with Crippen LogP contribution in [-0.2, 0) is 0 Å². The lowest BCUT2D eigenvalue weighted by Crippen LogP contribution is -2.45. The zero-order chi connectivity index (χ0) is 13.3. The van der Waals surface area contributed by atoms with Gasteiger partial charge in [-0.25, -0.2) is 0 Å². The van der Waals surface area contributed by atoms with Crippen molar-refractivity contribution >= 4 is 0 Å². The van der Waals surface area contributed by atoms with E-state index in [9.17, 15) is 0 Å². The van der Waals surface area contributed by atoms with Crippen molar-refractivity contribution in [3.63, 3.8) is 0 Å². The van der Waals surface area contributed by atoms with Crippen molar-refractivity contribution in [1.82, 2.24) is 5.32 Å². The Bertz CT molecular complexity index is 441. The van der Waals surface area contributed by atoms with Crippen LogP contribution in [0.3, 0.4) is 0 Å². The van der Waals surface area contributed by atoms with Crippen molar-refractivity contribution in [2.24, 2.45) is 5.92 Å². The first-order valence-electron chi connectivity index (χ1n) is 7.80. The summed E-state index contributed by atoms with van der Waals surface area (Å²) in [5, 5.41) is 3.72. The molecule has 1 N–H and O–H groups in total. The second-order valence-electron chi connectivity index (χ2n) is 6.04. The Balaban J connectivity index is 1.90. The molecule has 104 valence electrons. The molecule has 1 aromatic rings. The summed E-state index contributed by atoms with van der Waals surface area (Å²) in [5.74, 6) is 1.88. The molecule has 3 rings (SSSR count). The first kappa shape index (κ1) is 13.0. The highest BCUT2D eigenvalue weighted by atomic mass is 16.5. The summed E-state index contributed by atoms with van der Waals surface area (Å²) in [4.78, 5) is 0. The smallest absolute Gasteiger partial charge is 0.124 e. The van der Waals surface area contributed by atoms with Gasteiger partial charge in [-0.1, -0.05) is 32.0 Å². The second-order valence-corrected chi connectivity index (χ2v) is 6.04. The molecule has 0 amide bonds. The maximum absolute atomic E-state index is 6.46. The van der Waals surface area contributed by atoms with Crippen LogP contribution in [0.5, 0.6) is 5.75 Å². The van der Waals surface area contributed by atoms with Crippen LogP contribution in [0.1, 0.15) is 57.6 Å². The van der Waals surface area contributed by atoms with E-state index in [1.165, 1.54) is 24.8 Å². The van der Waals surface area contributed by atoms with Crippen LogP contribution in [0.4, 0.5) is 0 Å². The molecular formula is C17H25NO. The largest absolute Gasteiger partial charge is 0.487 e. The number of ether oxygens (including phenoxy) is 1. The maximum atomic E-state index is 6.46. The summed E-state index contributed by atoms with van der Waals surface area (Å²) < 4.78 is 6.46. The highest BCUT2D eigenvalue weighted by molar-refractivity contribution is 5.39. The molecule has 0 bridgehead atoms. The van der Waals surface area contributed by atoms with E-state index < -0.39 is 0 Å². The first-order chi connectivity index (χ1) is 9.29. The Labute approximate surface area is 116 Å². The number of hydrogen-bond donors (Lipinski definition) is 1. The van der Waals surface area contributed by atoms with E-state index in [0.717, 1.165) is 31.1 Å². The summed E-state index contributed by atoms with van der Waals surface area (Å²) >= 11 is 0. The van der Waals surface area contributed by atoms with Crippen LogP contribution in [-0.4, -0.2) is 12.1 Å². The van der Waals surface area contributed by atoms with Gasteiger partial charge >= 0.3 is 0 Å². The maximum Gasteiger partial charge on any atom is 0.124 e. The molecule has 2 heteroatoms. The number of para-hydroxylation sites is 1. The predicted octanol–water partition coefficient (Wildman–Crippen LogP) is 4.07. The highest BCUT2D eigenvalue weighted by Crippen LogP contribution is 2.52. The fourth-order valence-corrected chi connectivity index (χ4v) is 3.44. The topological polar surface area (TPSA) is 21.3 Å². The number of benzene rings is 1. The van der Waals surface area contributed by atoms with Gasteiger partial charge < -0.3 is 10.1 Å². The van der Waals surface area contributed by atoms with Gasteiger partial charge in [0.2, 0.25) is 0 Å². The molecule has 1 saturated carbocycles. The molecule has 0 saturated heterocycles. The molecule has 2 unspecified atom stereocenters. The Kier molecular flexibility index (Phi) is 3.53. The monoisotopic (exact) mass is 259 g/mol. The number of nitrogens with one attached hydrogen (secondary N) is 1. The summed E-state index contributed by atoms with van der Waals surface area (Å²) in [6.45, 7) is 5.60. The van der Waals surface area contributed by atoms with Gasteiger partial charge in [-0.15, -0.1) is 0 Å². The van der Waals surface area contributed by atoms with E-state index in [-0.39, 0.29) is 5.60 Å². The van der Waals surface area contributed by atoms with Crippen molar-refractivity contribution in [2.45, 2.75) is 57.6 Å². The summed E-state index contributed by atoms with van der Waals surface area (Å²) in [6, 6.07) is 9.04. The third kappa shape index (κ3) is 2.38. The molecule has 2 atom stereocenters. The van der Waals surface area contributed by atoms with E-state index in [0.29, 0.717) is 6.04 Å². The SMILES string of the molecule is CCCNC1CC(CC)(C2CC2)Oc2ccccc21. The van der Waals surface area contributed by atoms with Crippen LogP contribution >= 0.6 is 0 Å². The minimum atomic E-state index is 0.0831. The summed E-state index contributed by atoms with van der Waals surface area (Å²) in [5.41, 5.74) is 1.43. The zero-order valence-electron chi connectivity index (χ0n) is 12.1. The van der Waals surface area contributed by atoms with E-state index in [2.05, 4.69) is 43.4 Å². The van der Waals surface area contributed by atoms with Crippen molar-refractivity contribution in [3.8, 4) is 5.75 Å². The Morgan fingerprint density at radius 1 is 1.26 bits per heavy atom. The molecule has 1 aliphatic carbocycles. The molecule has 1 aliphatic heterocycles. The molecular weight excluding hydrogens is 234 g/mol. The molecule has 2 nitrogen and oxygen atoms in total. The van der Waals surface area contributed by atoms with Crippen molar-refractivity contribution in [1.29, 1.82) is 0 Å². The van der Waals surface area contributed by atoms with Crippen LogP contribution in [0.25, 0.3) is 0 Å². The Morgan fingerprint density at radius 3 is 2.74 bits per heavy atom. The third-order valence-corrected chi connectivity index (χ3v) is 4.72. The lowest BCUT2D eigenvalue weighted by Gasteiger charge is -2.42. The van der Waals surface area contributed by atoms with Crippen molar-refractivity contribution in [2.75, 3.05) is 6.54 Å². The van der Waals surface area contributed by atoms with Crippen molar-refractivity contribution in [3.05, 3.63) is 29.8 Å². The second kappa shape index (κ2) is 5.16. The quantitative estimate of drug-likeness (QED) is 0.860. The van der Waals surface area contributed by atoms with Gasteiger partial charge in [-0.05, 0) is 44.2 Å². The molecule has 1 fully saturated rings. The molecule has 2 aliphatic rings. The summed E-state index contributed by atoms with van der Waals surface area (Å²) in [6.07, 6.45) is 6.12. The normalized spacial score (nSPS) is 29.7. The lowest BCUT2D eigenvalue weighted by atomic mass is 9.82. The molecule has 0 aromatic heterocycles. The average molecular weight is 259 g/mol. The van der Waals surface area contributed by atoms with Gasteiger partial charge in [-0.2, -0.15) is 0 Å². The van der Waals surface area contributed by atoms with Gasteiger partial charge in [0.15, 0.2) is 0 Å². The average Bonchev–Trinajstić information content (AvgIpc) is 3.29. The Hall–Kier alpha value is -1.02. The van der Waals surface area contributed by atoms with Crippen LogP contribution in [0.15, 0.2) is 24.3 Å². The van der Waals surface area contributed by atoms with Gasteiger partial charge in [0, 0.05) is 18.0 Å². The molecule has 1 heterocycles. The highest BCUT2D eigenvalue weighted by Gasteiger charge is 2.49. The predicted molar refractivity (Wildman–Crippen MR) is 78.5 cm³/mol. The van der Waals surface area contributed by atoms with E-state index in [1.807, 2.05) is 0 Å².